The van der Waals surface area contributed by atoms with Gasteiger partial charge in [-0.05, 0) is 0 Å². The van der Waals surface area contributed by atoms with Gasteiger partial charge in [0, 0.05) is 16.6 Å². The van der Waals surface area contributed by atoms with Crippen LogP contribution in [0.3, 0.4) is 0 Å². The lowest BCUT2D eigenvalue weighted by atomic mass is 10.4. The first-order valence-corrected chi connectivity index (χ1v) is 9.52. The van der Waals surface area contributed by atoms with Crippen LogP contribution in [0.15, 0.2) is 0 Å². The van der Waals surface area contributed by atoms with Crippen LogP contribution in [0.5, 0.6) is 0 Å². The van der Waals surface area contributed by atoms with Gasteiger partial charge in [-0.2, -0.15) is 0 Å². The molecule has 0 heterocycles. The molecule has 2 heteroatoms. The van der Waals surface area contributed by atoms with Crippen LogP contribution in [0.2, 0.25) is 25.7 Å². The molecule has 0 rings (SSSR count). The lowest BCUT2D eigenvalue weighted by Crippen LogP contribution is -2.29. The molecule has 0 aromatic rings. The van der Waals surface area contributed by atoms with Gasteiger partial charge in [-0.15, -0.1) is 0 Å². The van der Waals surface area contributed by atoms with E-state index >= 15 is 0 Å². The molecule has 0 unspecified atom stereocenters. The van der Waals surface area contributed by atoms with E-state index in [1.54, 1.807) is 0 Å². The average molecular weight is 158 g/mol. The van der Waals surface area contributed by atoms with Crippen LogP contribution < -0.4 is 0 Å². The quantitative estimate of drug-likeness (QED) is 0.436. The first-order chi connectivity index (χ1) is 4.06. The highest BCUT2D eigenvalue weighted by molar-refractivity contribution is 7.23. The molecule has 0 amide bonds. The Bertz CT molecular complexity index is 63.8. The lowest BCUT2D eigenvalue weighted by molar-refractivity contribution is 0.882. The van der Waals surface area contributed by atoms with Gasteiger partial charge in [0.1, 0.15) is 0 Å². The molecule has 0 N–H and O–H groups in total. The first kappa shape index (κ1) is 9.43. The Balaban J connectivity index is 3.07. The van der Waals surface area contributed by atoms with Crippen molar-refractivity contribution in [3.63, 3.8) is 0 Å². The molecular weight excluding hydrogens is 140 g/mol. The third-order valence-electron chi connectivity index (χ3n) is 1.19. The highest BCUT2D eigenvalue weighted by Gasteiger charge is 2.11. The fraction of sp³-hybridized carbons (Fsp3) is 1.00. The molecule has 0 saturated heterocycles. The first-order valence-electron chi connectivity index (χ1n) is 3.81. The molecule has 0 fully saturated rings. The second kappa shape index (κ2) is 4.28. The van der Waals surface area contributed by atoms with E-state index in [0.29, 0.717) is 0 Å². The van der Waals surface area contributed by atoms with E-state index in [-0.39, 0.29) is 0 Å². The molecule has 0 aliphatic rings. The predicted molar refractivity (Wildman–Crippen MR) is 48.8 cm³/mol. The summed E-state index contributed by atoms with van der Waals surface area (Å²) in [6.45, 7) is 9.65. The van der Waals surface area contributed by atoms with E-state index in [1.165, 1.54) is 27.9 Å². The largest absolute Gasteiger partial charge is 0.0719 e. The highest BCUT2D eigenvalue weighted by atomic mass is 29.2. The van der Waals surface area contributed by atoms with Crippen molar-refractivity contribution in [1.29, 1.82) is 0 Å². The van der Waals surface area contributed by atoms with Gasteiger partial charge in [0.05, 0.1) is 0 Å². The van der Waals surface area contributed by atoms with Gasteiger partial charge in [-0.3, -0.25) is 0 Å². The maximum Gasteiger partial charge on any atom is 0.0327 e. The minimum atomic E-state index is -0.667. The van der Waals surface area contributed by atoms with Crippen LogP contribution in [-0.4, -0.2) is 16.6 Å². The number of hydrogen-bond donors (Lipinski definition) is 0. The average Bonchev–Trinajstić information content (AvgIpc) is 1.63. The summed E-state index contributed by atoms with van der Waals surface area (Å²) in [5.74, 6) is 0. The van der Waals surface area contributed by atoms with Gasteiger partial charge in [0.15, 0.2) is 0 Å². The van der Waals surface area contributed by atoms with E-state index in [1.807, 2.05) is 0 Å². The van der Waals surface area contributed by atoms with Gasteiger partial charge in [-0.1, -0.05) is 45.5 Å². The maximum absolute atomic E-state index is 2.46. The summed E-state index contributed by atoms with van der Waals surface area (Å²) in [6, 6.07) is 1.49. The van der Waals surface area contributed by atoms with E-state index in [0.717, 1.165) is 0 Å². The monoisotopic (exact) mass is 158 g/mol. The Hall–Kier alpha value is 0.434. The van der Waals surface area contributed by atoms with Crippen molar-refractivity contribution in [2.75, 3.05) is 0 Å². The van der Waals surface area contributed by atoms with Gasteiger partial charge in [0.25, 0.3) is 0 Å². The summed E-state index contributed by atoms with van der Waals surface area (Å²) >= 11 is 0. The highest BCUT2D eigenvalue weighted by Crippen LogP contribution is 2.03. The van der Waals surface area contributed by atoms with Gasteiger partial charge >= 0.3 is 0 Å². The molecule has 0 aliphatic heterocycles. The second-order valence-corrected chi connectivity index (χ2v) is 14.4. The van der Waals surface area contributed by atoms with Gasteiger partial charge in [-0.25, -0.2) is 0 Å². The van der Waals surface area contributed by atoms with Crippen LogP contribution in [0.4, 0.5) is 0 Å². The molecule has 0 aromatic heterocycles. The Kier molecular flexibility index (Phi) is 4.49. The molecular formula is C7H18Si2. The van der Waals surface area contributed by atoms with E-state index in [4.69, 9.17) is 0 Å². The Morgan fingerprint density at radius 1 is 1.22 bits per heavy atom. The number of rotatable bonds is 4. The fourth-order valence-corrected chi connectivity index (χ4v) is 4.70. The van der Waals surface area contributed by atoms with Gasteiger partial charge in [0.2, 0.25) is 0 Å². The fourth-order valence-electron chi connectivity index (χ4n) is 0.640. The summed E-state index contributed by atoms with van der Waals surface area (Å²) < 4.78 is 0. The van der Waals surface area contributed by atoms with Crippen LogP contribution in [0.1, 0.15) is 19.8 Å². The molecule has 9 heavy (non-hydrogen) atoms. The zero-order chi connectivity index (χ0) is 7.33. The molecule has 0 atom stereocenters. The third kappa shape index (κ3) is 8.43. The molecule has 0 bridgehead atoms. The topological polar surface area (TPSA) is 0 Å². The van der Waals surface area contributed by atoms with Crippen molar-refractivity contribution < 1.29 is 0 Å². The number of unbranched alkanes of at least 4 members (excludes halogenated alkanes) is 1. The van der Waals surface area contributed by atoms with Crippen molar-refractivity contribution in [2.45, 2.75) is 45.5 Å². The predicted octanol–water partition coefficient (Wildman–Crippen LogP) is 2.74. The zero-order valence-corrected chi connectivity index (χ0v) is 9.12. The molecule has 0 spiro atoms. The zero-order valence-electron chi connectivity index (χ0n) is 7.12. The summed E-state index contributed by atoms with van der Waals surface area (Å²) in [4.78, 5) is 0. The molecule has 0 saturated carbocycles. The molecule has 2 radical (unpaired) electrons. The second-order valence-electron chi connectivity index (χ2n) is 3.53. The molecule has 0 nitrogen and oxygen atoms in total. The van der Waals surface area contributed by atoms with Crippen LogP contribution in [-0.2, 0) is 0 Å². The van der Waals surface area contributed by atoms with Crippen molar-refractivity contribution in [3.05, 3.63) is 0 Å². The SMILES string of the molecule is CCCC[Si][Si](C)(C)C. The number of hydrogen-bond acceptors (Lipinski definition) is 0. The van der Waals surface area contributed by atoms with E-state index in [2.05, 4.69) is 26.6 Å². The van der Waals surface area contributed by atoms with Crippen molar-refractivity contribution in [2.24, 2.45) is 0 Å². The Morgan fingerprint density at radius 3 is 2.11 bits per heavy atom. The third-order valence-corrected chi connectivity index (χ3v) is 6.78. The summed E-state index contributed by atoms with van der Waals surface area (Å²) in [7, 11) is 0.621. The Morgan fingerprint density at radius 2 is 1.78 bits per heavy atom. The van der Waals surface area contributed by atoms with Crippen molar-refractivity contribution in [1.82, 2.24) is 0 Å². The molecule has 0 aliphatic carbocycles. The smallest absolute Gasteiger partial charge is 0.0327 e. The van der Waals surface area contributed by atoms with Crippen molar-refractivity contribution >= 4 is 16.6 Å². The van der Waals surface area contributed by atoms with Gasteiger partial charge < -0.3 is 0 Å². The maximum atomic E-state index is 2.46. The van der Waals surface area contributed by atoms with Crippen molar-refractivity contribution in [3.8, 4) is 0 Å². The summed E-state index contributed by atoms with van der Waals surface area (Å²) in [5.41, 5.74) is 0. The normalized spacial score (nSPS) is 12.0. The van der Waals surface area contributed by atoms with Crippen LogP contribution in [0, 0.1) is 0 Å². The van der Waals surface area contributed by atoms with Crippen LogP contribution >= 0.6 is 0 Å². The van der Waals surface area contributed by atoms with E-state index < -0.39 is 7.59 Å². The summed E-state index contributed by atoms with van der Waals surface area (Å²) in [5, 5.41) is 0. The summed E-state index contributed by atoms with van der Waals surface area (Å²) in [6.07, 6.45) is 2.82. The molecule has 0 aromatic carbocycles. The minimum Gasteiger partial charge on any atom is -0.0719 e. The lowest BCUT2D eigenvalue weighted by Gasteiger charge is -2.13. The Labute approximate surface area is 62.7 Å². The van der Waals surface area contributed by atoms with E-state index in [9.17, 15) is 0 Å². The molecule has 54 valence electrons. The van der Waals surface area contributed by atoms with Crippen LogP contribution in [0.25, 0.3) is 0 Å². The minimum absolute atomic E-state index is 0.667. The standard InChI is InChI=1S/C7H18Si2/c1-5-6-7-8-9(2,3)4/h5-7H2,1-4H3.